The number of Topliss-reactive ketones (excluding diaryl/α,β-unsaturated/α-hetero) is 1. The lowest BCUT2D eigenvalue weighted by Crippen LogP contribution is -2.60. The van der Waals surface area contributed by atoms with E-state index < -0.39 is 41.2 Å². The predicted molar refractivity (Wildman–Crippen MR) is 107 cm³/mol. The van der Waals surface area contributed by atoms with Crippen LogP contribution >= 0.6 is 12.2 Å². The van der Waals surface area contributed by atoms with Gasteiger partial charge < -0.3 is 15.5 Å². The Morgan fingerprint density at radius 3 is 2.31 bits per heavy atom. The molecule has 9 heteroatoms. The first kappa shape index (κ1) is 18.8. The molecular formula is C20H15N3O5S. The van der Waals surface area contributed by atoms with Gasteiger partial charge in [-0.05, 0) is 18.3 Å². The average Bonchev–Trinajstić information content (AvgIpc) is 3.14. The molecule has 4 rings (SSSR count). The highest BCUT2D eigenvalue weighted by Crippen LogP contribution is 2.41. The second-order valence-electron chi connectivity index (χ2n) is 6.46. The number of carbonyl (C=O) groups excluding carboxylic acids is 3. The number of aliphatic hydroxyl groups excluding tert-OH is 2. The number of thiocarbonyl (C=S) groups is 1. The number of benzene rings is 2. The van der Waals surface area contributed by atoms with Crippen molar-refractivity contribution in [3.63, 3.8) is 0 Å². The number of para-hydroxylation sites is 1. The fraction of sp³-hybridized carbons (Fsp3) is 0.100. The van der Waals surface area contributed by atoms with Crippen molar-refractivity contribution in [1.82, 2.24) is 10.6 Å². The van der Waals surface area contributed by atoms with Gasteiger partial charge in [-0.2, -0.15) is 0 Å². The van der Waals surface area contributed by atoms with Crippen LogP contribution in [0.4, 0.5) is 5.69 Å². The molecule has 146 valence electrons. The van der Waals surface area contributed by atoms with Crippen molar-refractivity contribution in [1.29, 1.82) is 0 Å². The van der Waals surface area contributed by atoms with E-state index in [2.05, 4.69) is 10.6 Å². The highest BCUT2D eigenvalue weighted by Gasteiger charge is 2.65. The molecule has 2 heterocycles. The minimum atomic E-state index is -2.07. The molecule has 0 saturated carbocycles. The third-order valence-corrected chi connectivity index (χ3v) is 5.06. The molecule has 1 atom stereocenters. The van der Waals surface area contributed by atoms with Crippen molar-refractivity contribution >= 4 is 46.4 Å². The zero-order chi connectivity index (χ0) is 20.8. The van der Waals surface area contributed by atoms with Gasteiger partial charge in [0.25, 0.3) is 11.7 Å². The van der Waals surface area contributed by atoms with Crippen molar-refractivity contribution in [2.75, 3.05) is 4.90 Å². The first-order chi connectivity index (χ1) is 13.9. The molecule has 0 radical (unpaired) electrons. The van der Waals surface area contributed by atoms with E-state index in [1.807, 2.05) is 0 Å². The number of carbonyl (C=O) groups is 3. The SMILES string of the molecule is O=C1C(=O)N(c2ccccc2CO)C2(NC(=S)NC2=O)/C1=C(\O)c1ccccc1. The molecule has 1 spiro atoms. The number of nitrogens with one attached hydrogen (secondary N) is 2. The predicted octanol–water partition coefficient (Wildman–Crippen LogP) is 0.764. The Balaban J connectivity index is 2.04. The minimum Gasteiger partial charge on any atom is -0.507 e. The molecule has 2 aromatic rings. The maximum absolute atomic E-state index is 13.0. The molecule has 0 aromatic heterocycles. The normalized spacial score (nSPS) is 22.9. The Labute approximate surface area is 170 Å². The summed E-state index contributed by atoms with van der Waals surface area (Å²) in [4.78, 5) is 40.0. The molecule has 0 aliphatic carbocycles. The highest BCUT2D eigenvalue weighted by atomic mass is 32.1. The number of ketones is 1. The number of amides is 2. The second kappa shape index (κ2) is 6.80. The molecule has 2 aliphatic heterocycles. The molecule has 8 nitrogen and oxygen atoms in total. The van der Waals surface area contributed by atoms with Gasteiger partial charge in [-0.15, -0.1) is 0 Å². The summed E-state index contributed by atoms with van der Waals surface area (Å²) in [5.41, 5.74) is -1.78. The summed E-state index contributed by atoms with van der Waals surface area (Å²) < 4.78 is 0. The number of anilines is 1. The maximum Gasteiger partial charge on any atom is 0.301 e. The van der Waals surface area contributed by atoms with Crippen LogP contribution in [-0.2, 0) is 21.0 Å². The molecule has 0 bridgehead atoms. The molecule has 2 fully saturated rings. The second-order valence-corrected chi connectivity index (χ2v) is 6.87. The van der Waals surface area contributed by atoms with Gasteiger partial charge in [0.2, 0.25) is 5.66 Å². The van der Waals surface area contributed by atoms with Crippen molar-refractivity contribution in [2.24, 2.45) is 0 Å². The lowest BCUT2D eigenvalue weighted by molar-refractivity contribution is -0.132. The van der Waals surface area contributed by atoms with Gasteiger partial charge in [-0.25, -0.2) is 0 Å². The lowest BCUT2D eigenvalue weighted by Gasteiger charge is -2.33. The maximum atomic E-state index is 13.0. The van der Waals surface area contributed by atoms with Crippen LogP contribution < -0.4 is 15.5 Å². The van der Waals surface area contributed by atoms with Gasteiger partial charge in [0.15, 0.2) is 5.11 Å². The molecule has 4 N–H and O–H groups in total. The van der Waals surface area contributed by atoms with E-state index in [4.69, 9.17) is 12.2 Å². The number of aliphatic hydroxyl groups is 2. The monoisotopic (exact) mass is 409 g/mol. The zero-order valence-corrected chi connectivity index (χ0v) is 15.7. The van der Waals surface area contributed by atoms with Gasteiger partial charge in [-0.1, -0.05) is 48.5 Å². The fourth-order valence-electron chi connectivity index (χ4n) is 3.59. The van der Waals surface area contributed by atoms with Crippen LogP contribution in [0, 0.1) is 0 Å². The Kier molecular flexibility index (Phi) is 4.40. The quantitative estimate of drug-likeness (QED) is 0.256. The number of hydrogen-bond donors (Lipinski definition) is 4. The number of nitrogens with zero attached hydrogens (tertiary/aromatic N) is 1. The van der Waals surface area contributed by atoms with E-state index in [-0.39, 0.29) is 16.4 Å². The Bertz CT molecular complexity index is 1100. The summed E-state index contributed by atoms with van der Waals surface area (Å²) in [7, 11) is 0. The molecule has 29 heavy (non-hydrogen) atoms. The van der Waals surface area contributed by atoms with E-state index in [0.29, 0.717) is 5.56 Å². The lowest BCUT2D eigenvalue weighted by atomic mass is 9.94. The van der Waals surface area contributed by atoms with E-state index in [9.17, 15) is 24.6 Å². The molecule has 2 amide bonds. The molecule has 2 saturated heterocycles. The summed E-state index contributed by atoms with van der Waals surface area (Å²) in [6, 6.07) is 14.4. The topological polar surface area (TPSA) is 119 Å². The van der Waals surface area contributed by atoms with Gasteiger partial charge in [0.05, 0.1) is 12.3 Å². The minimum absolute atomic E-state index is 0.0951. The Morgan fingerprint density at radius 1 is 1.03 bits per heavy atom. The van der Waals surface area contributed by atoms with Crippen molar-refractivity contribution < 1.29 is 24.6 Å². The summed E-state index contributed by atoms with van der Waals surface area (Å²) in [6.07, 6.45) is 0. The van der Waals surface area contributed by atoms with Crippen LogP contribution in [0.1, 0.15) is 11.1 Å². The molecule has 1 unspecified atom stereocenters. The zero-order valence-electron chi connectivity index (χ0n) is 14.9. The van der Waals surface area contributed by atoms with Crippen LogP contribution in [0.3, 0.4) is 0 Å². The molecule has 2 aromatic carbocycles. The first-order valence-electron chi connectivity index (χ1n) is 8.62. The van der Waals surface area contributed by atoms with Crippen molar-refractivity contribution in [3.05, 3.63) is 71.3 Å². The summed E-state index contributed by atoms with van der Waals surface area (Å²) in [5.74, 6) is -3.38. The van der Waals surface area contributed by atoms with Crippen LogP contribution in [0.2, 0.25) is 0 Å². The van der Waals surface area contributed by atoms with E-state index in [1.54, 1.807) is 48.5 Å². The fourth-order valence-corrected chi connectivity index (χ4v) is 3.83. The van der Waals surface area contributed by atoms with Gasteiger partial charge >= 0.3 is 5.91 Å². The van der Waals surface area contributed by atoms with Crippen LogP contribution in [0.25, 0.3) is 5.76 Å². The third-order valence-electron chi connectivity index (χ3n) is 4.86. The standard InChI is InChI=1S/C20H15N3O5S/c24-10-12-8-4-5-9-13(12)23-17(27)16(26)14(15(25)11-6-2-1-3-7-11)20(23)18(28)21-19(29)22-20/h1-9,24-25H,10H2,(H2,21,22,28,29)/b15-14-. The van der Waals surface area contributed by atoms with Crippen LogP contribution in [0.5, 0.6) is 0 Å². The van der Waals surface area contributed by atoms with E-state index in [0.717, 1.165) is 4.90 Å². The summed E-state index contributed by atoms with van der Waals surface area (Å²) >= 11 is 5.06. The van der Waals surface area contributed by atoms with E-state index >= 15 is 0 Å². The number of rotatable bonds is 3. The van der Waals surface area contributed by atoms with Gasteiger partial charge in [-0.3, -0.25) is 24.6 Å². The Hall–Kier alpha value is -3.56. The smallest absolute Gasteiger partial charge is 0.301 e. The number of hydrogen-bond acceptors (Lipinski definition) is 6. The summed E-state index contributed by atoms with van der Waals surface area (Å²) in [6.45, 7) is -0.431. The van der Waals surface area contributed by atoms with Crippen LogP contribution in [0.15, 0.2) is 60.2 Å². The molecule has 2 aliphatic rings. The van der Waals surface area contributed by atoms with Crippen LogP contribution in [-0.4, -0.2) is 38.6 Å². The Morgan fingerprint density at radius 2 is 1.69 bits per heavy atom. The van der Waals surface area contributed by atoms with Crippen molar-refractivity contribution in [3.8, 4) is 0 Å². The molecular weight excluding hydrogens is 394 g/mol. The first-order valence-corrected chi connectivity index (χ1v) is 9.03. The van der Waals surface area contributed by atoms with E-state index in [1.165, 1.54) is 6.07 Å². The average molecular weight is 409 g/mol. The largest absolute Gasteiger partial charge is 0.507 e. The highest BCUT2D eigenvalue weighted by molar-refractivity contribution is 7.80. The van der Waals surface area contributed by atoms with Crippen molar-refractivity contribution in [2.45, 2.75) is 12.3 Å². The summed E-state index contributed by atoms with van der Waals surface area (Å²) in [5, 5.41) is 25.6. The van der Waals surface area contributed by atoms with Gasteiger partial charge in [0, 0.05) is 11.1 Å². The van der Waals surface area contributed by atoms with Gasteiger partial charge in [0.1, 0.15) is 11.3 Å². The third kappa shape index (κ3) is 2.63.